The quantitative estimate of drug-likeness (QED) is 0.369. The predicted molar refractivity (Wildman–Crippen MR) is 56.8 cm³/mol. The Labute approximate surface area is 85.6 Å². The van der Waals surface area contributed by atoms with Crippen LogP contribution in [0.5, 0.6) is 0 Å². The molecule has 1 fully saturated rings. The van der Waals surface area contributed by atoms with Gasteiger partial charge in [-0.3, -0.25) is 4.79 Å². The van der Waals surface area contributed by atoms with Gasteiger partial charge in [-0.15, -0.1) is 0 Å². The fourth-order valence-corrected chi connectivity index (χ4v) is 1.62. The van der Waals surface area contributed by atoms with Crippen molar-refractivity contribution in [1.82, 2.24) is 0 Å². The average Bonchev–Trinajstić information content (AvgIpc) is 2.17. The first kappa shape index (κ1) is 11.0. The standard InChI is InChI=1S/C12H18O2/c1-3-5-7-9-11-10(8-6-4-2)12(13)14-11/h4,6,8,10-11H,2-3,5,7,9H2,1H3/b8-6+/t10-,11+/m1/s1. The average molecular weight is 194 g/mol. The van der Waals surface area contributed by atoms with Gasteiger partial charge in [0, 0.05) is 0 Å². The molecule has 0 bridgehead atoms. The highest BCUT2D eigenvalue weighted by Gasteiger charge is 2.39. The summed E-state index contributed by atoms with van der Waals surface area (Å²) >= 11 is 0. The van der Waals surface area contributed by atoms with E-state index in [0.717, 1.165) is 12.8 Å². The number of rotatable bonds is 6. The molecule has 0 aromatic rings. The maximum Gasteiger partial charge on any atom is 0.316 e. The number of unbranched alkanes of at least 4 members (excludes halogenated alkanes) is 2. The summed E-state index contributed by atoms with van der Waals surface area (Å²) in [6.45, 7) is 5.75. The lowest BCUT2D eigenvalue weighted by Crippen LogP contribution is -2.43. The molecule has 2 nitrogen and oxygen atoms in total. The SMILES string of the molecule is C=C/C=C/[C@H]1C(=O)O[C@H]1CCCCC. The summed E-state index contributed by atoms with van der Waals surface area (Å²) in [6, 6.07) is 0. The minimum Gasteiger partial charge on any atom is -0.461 e. The zero-order valence-electron chi connectivity index (χ0n) is 8.74. The fourth-order valence-electron chi connectivity index (χ4n) is 1.62. The molecule has 0 unspecified atom stereocenters. The number of ether oxygens (including phenoxy) is 1. The first-order chi connectivity index (χ1) is 6.79. The van der Waals surface area contributed by atoms with Gasteiger partial charge in [0.2, 0.25) is 0 Å². The van der Waals surface area contributed by atoms with Crippen molar-refractivity contribution in [3.8, 4) is 0 Å². The molecule has 1 rings (SSSR count). The van der Waals surface area contributed by atoms with E-state index in [-0.39, 0.29) is 18.0 Å². The first-order valence-corrected chi connectivity index (χ1v) is 5.29. The van der Waals surface area contributed by atoms with Crippen molar-refractivity contribution < 1.29 is 9.53 Å². The normalized spacial score (nSPS) is 25.9. The van der Waals surface area contributed by atoms with Gasteiger partial charge in [-0.2, -0.15) is 0 Å². The van der Waals surface area contributed by atoms with Crippen LogP contribution in [0.2, 0.25) is 0 Å². The minimum absolute atomic E-state index is 0.0233. The van der Waals surface area contributed by atoms with Gasteiger partial charge in [-0.25, -0.2) is 0 Å². The van der Waals surface area contributed by atoms with E-state index in [4.69, 9.17) is 4.74 Å². The van der Waals surface area contributed by atoms with Gasteiger partial charge in [-0.1, -0.05) is 44.6 Å². The third-order valence-electron chi connectivity index (χ3n) is 2.49. The van der Waals surface area contributed by atoms with E-state index >= 15 is 0 Å². The van der Waals surface area contributed by atoms with E-state index < -0.39 is 0 Å². The molecule has 2 heteroatoms. The number of allylic oxidation sites excluding steroid dienone is 2. The summed E-state index contributed by atoms with van der Waals surface area (Å²) < 4.78 is 5.07. The molecule has 78 valence electrons. The smallest absolute Gasteiger partial charge is 0.316 e. The van der Waals surface area contributed by atoms with Crippen LogP contribution >= 0.6 is 0 Å². The van der Waals surface area contributed by atoms with E-state index in [0.29, 0.717) is 0 Å². The van der Waals surface area contributed by atoms with Gasteiger partial charge >= 0.3 is 5.97 Å². The van der Waals surface area contributed by atoms with Crippen LogP contribution in [0.3, 0.4) is 0 Å². The Kier molecular flexibility index (Phi) is 4.44. The van der Waals surface area contributed by atoms with E-state index in [1.807, 2.05) is 12.2 Å². The monoisotopic (exact) mass is 194 g/mol. The second-order valence-corrected chi connectivity index (χ2v) is 3.62. The van der Waals surface area contributed by atoms with Gasteiger partial charge in [0.15, 0.2) is 0 Å². The molecule has 0 amide bonds. The summed E-state index contributed by atoms with van der Waals surface area (Å²) in [5.74, 6) is -0.116. The number of carbonyl (C=O) groups is 1. The molecule has 1 heterocycles. The molecule has 2 atom stereocenters. The fraction of sp³-hybridized carbons (Fsp3) is 0.583. The van der Waals surface area contributed by atoms with E-state index in [1.54, 1.807) is 6.08 Å². The Hall–Kier alpha value is -1.05. The van der Waals surface area contributed by atoms with Crippen LogP contribution in [0.15, 0.2) is 24.8 Å². The molecular formula is C12H18O2. The van der Waals surface area contributed by atoms with Crippen LogP contribution in [0.4, 0.5) is 0 Å². The van der Waals surface area contributed by atoms with Crippen LogP contribution in [0, 0.1) is 5.92 Å². The zero-order chi connectivity index (χ0) is 10.4. The van der Waals surface area contributed by atoms with Crippen LogP contribution in [-0.4, -0.2) is 12.1 Å². The van der Waals surface area contributed by atoms with E-state index in [2.05, 4.69) is 13.5 Å². The van der Waals surface area contributed by atoms with Crippen molar-refractivity contribution in [3.05, 3.63) is 24.8 Å². The summed E-state index contributed by atoms with van der Waals surface area (Å²) in [5, 5.41) is 0. The molecule has 0 saturated carbocycles. The first-order valence-electron chi connectivity index (χ1n) is 5.29. The second kappa shape index (κ2) is 5.63. The Balaban J connectivity index is 2.29. The van der Waals surface area contributed by atoms with Crippen molar-refractivity contribution in [2.75, 3.05) is 0 Å². The highest BCUT2D eigenvalue weighted by molar-refractivity contribution is 5.80. The molecule has 14 heavy (non-hydrogen) atoms. The Morgan fingerprint density at radius 2 is 2.29 bits per heavy atom. The van der Waals surface area contributed by atoms with E-state index in [9.17, 15) is 4.79 Å². The number of cyclic esters (lactones) is 1. The second-order valence-electron chi connectivity index (χ2n) is 3.62. The molecule has 0 aromatic carbocycles. The van der Waals surface area contributed by atoms with Crippen LogP contribution in [0.25, 0.3) is 0 Å². The van der Waals surface area contributed by atoms with Gasteiger partial charge in [-0.05, 0) is 12.8 Å². The largest absolute Gasteiger partial charge is 0.461 e. The lowest BCUT2D eigenvalue weighted by molar-refractivity contribution is -0.179. The van der Waals surface area contributed by atoms with Crippen molar-refractivity contribution in [1.29, 1.82) is 0 Å². The summed E-state index contributed by atoms with van der Waals surface area (Å²) in [4.78, 5) is 11.1. The Morgan fingerprint density at radius 1 is 1.50 bits per heavy atom. The molecule has 1 saturated heterocycles. The molecule has 0 N–H and O–H groups in total. The van der Waals surface area contributed by atoms with Gasteiger partial charge < -0.3 is 4.74 Å². The molecule has 0 radical (unpaired) electrons. The third-order valence-corrected chi connectivity index (χ3v) is 2.49. The number of esters is 1. The maximum atomic E-state index is 11.1. The predicted octanol–water partition coefficient (Wildman–Crippen LogP) is 2.85. The highest BCUT2D eigenvalue weighted by atomic mass is 16.6. The van der Waals surface area contributed by atoms with Crippen molar-refractivity contribution in [2.24, 2.45) is 5.92 Å². The Bertz CT molecular complexity index is 230. The number of carbonyl (C=O) groups excluding carboxylic acids is 1. The lowest BCUT2D eigenvalue weighted by atomic mass is 9.92. The molecule has 1 aliphatic heterocycles. The summed E-state index contributed by atoms with van der Waals surface area (Å²) in [7, 11) is 0. The topological polar surface area (TPSA) is 26.3 Å². The number of hydrogen-bond acceptors (Lipinski definition) is 2. The van der Waals surface area contributed by atoms with Gasteiger partial charge in [0.1, 0.15) is 12.0 Å². The van der Waals surface area contributed by atoms with Crippen molar-refractivity contribution >= 4 is 5.97 Å². The third kappa shape index (κ3) is 2.72. The maximum absolute atomic E-state index is 11.1. The molecule has 0 spiro atoms. The summed E-state index contributed by atoms with van der Waals surface area (Å²) in [5.41, 5.74) is 0. The number of hydrogen-bond donors (Lipinski definition) is 0. The van der Waals surface area contributed by atoms with Crippen molar-refractivity contribution in [3.63, 3.8) is 0 Å². The van der Waals surface area contributed by atoms with Crippen LogP contribution < -0.4 is 0 Å². The van der Waals surface area contributed by atoms with Crippen LogP contribution in [0.1, 0.15) is 32.6 Å². The lowest BCUT2D eigenvalue weighted by Gasteiger charge is -2.33. The van der Waals surface area contributed by atoms with Crippen LogP contribution in [-0.2, 0) is 9.53 Å². The minimum atomic E-state index is -0.0930. The molecule has 0 aliphatic carbocycles. The molecule has 0 aromatic heterocycles. The van der Waals surface area contributed by atoms with Gasteiger partial charge in [0.25, 0.3) is 0 Å². The molecular weight excluding hydrogens is 176 g/mol. The van der Waals surface area contributed by atoms with E-state index in [1.165, 1.54) is 12.8 Å². The zero-order valence-corrected chi connectivity index (χ0v) is 8.74. The van der Waals surface area contributed by atoms with Crippen molar-refractivity contribution in [2.45, 2.75) is 38.7 Å². The summed E-state index contributed by atoms with van der Waals surface area (Å²) in [6.07, 6.45) is 10.1. The van der Waals surface area contributed by atoms with Gasteiger partial charge in [0.05, 0.1) is 0 Å². The highest BCUT2D eigenvalue weighted by Crippen LogP contribution is 2.28. The molecule has 1 aliphatic rings. The Morgan fingerprint density at radius 3 is 2.86 bits per heavy atom.